The van der Waals surface area contributed by atoms with Crippen LogP contribution >= 0.6 is 11.3 Å². The molecule has 0 unspecified atom stereocenters. The van der Waals surface area contributed by atoms with E-state index in [9.17, 15) is 0 Å². The van der Waals surface area contributed by atoms with Gasteiger partial charge in [-0.05, 0) is 25.0 Å². The van der Waals surface area contributed by atoms with Gasteiger partial charge >= 0.3 is 0 Å². The molecule has 18 heavy (non-hydrogen) atoms. The van der Waals surface area contributed by atoms with Gasteiger partial charge in [0.25, 0.3) is 0 Å². The van der Waals surface area contributed by atoms with Crippen LogP contribution in [0, 0.1) is 0 Å². The molecule has 1 aromatic carbocycles. The van der Waals surface area contributed by atoms with E-state index in [0.717, 1.165) is 29.2 Å². The summed E-state index contributed by atoms with van der Waals surface area (Å²) in [5.41, 5.74) is 8.13. The normalized spacial score (nSPS) is 22.6. The topological polar surface area (TPSA) is 48.1 Å². The van der Waals surface area contributed by atoms with Crippen molar-refractivity contribution in [2.75, 3.05) is 7.11 Å². The van der Waals surface area contributed by atoms with Crippen molar-refractivity contribution in [2.24, 2.45) is 5.73 Å². The smallest absolute Gasteiger partial charge is 0.123 e. The molecule has 3 rings (SSSR count). The summed E-state index contributed by atoms with van der Waals surface area (Å²) in [6.07, 6.45) is 2.14. The Morgan fingerprint density at radius 2 is 2.22 bits per heavy atom. The van der Waals surface area contributed by atoms with Gasteiger partial charge in [0.15, 0.2) is 0 Å². The second-order valence-electron chi connectivity index (χ2n) is 4.74. The second-order valence-corrected chi connectivity index (χ2v) is 5.60. The first kappa shape index (κ1) is 11.7. The fourth-order valence-electron chi connectivity index (χ4n) is 2.27. The van der Waals surface area contributed by atoms with Crippen molar-refractivity contribution < 1.29 is 4.74 Å². The number of thiazole rings is 1. The van der Waals surface area contributed by atoms with E-state index < -0.39 is 0 Å². The van der Waals surface area contributed by atoms with Crippen LogP contribution in [0.1, 0.15) is 24.5 Å². The molecule has 1 aliphatic carbocycles. The van der Waals surface area contributed by atoms with Crippen molar-refractivity contribution in [3.63, 3.8) is 0 Å². The minimum absolute atomic E-state index is 0.372. The Balaban J connectivity index is 1.83. The summed E-state index contributed by atoms with van der Waals surface area (Å²) in [7, 11) is 1.68. The van der Waals surface area contributed by atoms with Crippen molar-refractivity contribution in [1.82, 2.24) is 4.98 Å². The van der Waals surface area contributed by atoms with Gasteiger partial charge in [0, 0.05) is 22.9 Å². The Morgan fingerprint density at radius 3 is 2.94 bits per heavy atom. The van der Waals surface area contributed by atoms with E-state index in [1.807, 2.05) is 18.2 Å². The molecule has 1 fully saturated rings. The predicted octanol–water partition coefficient (Wildman–Crippen LogP) is 3.02. The first-order valence-corrected chi connectivity index (χ1v) is 6.99. The number of aromatic nitrogens is 1. The molecule has 0 amide bonds. The number of nitrogens with two attached hydrogens (primary N) is 1. The van der Waals surface area contributed by atoms with Crippen molar-refractivity contribution in [3.8, 4) is 16.3 Å². The van der Waals surface area contributed by atoms with Crippen LogP contribution < -0.4 is 10.5 Å². The van der Waals surface area contributed by atoms with Gasteiger partial charge in [-0.15, -0.1) is 11.3 Å². The molecule has 4 heteroatoms. The maximum Gasteiger partial charge on any atom is 0.123 e. The molecule has 2 N–H and O–H groups in total. The third kappa shape index (κ3) is 2.13. The van der Waals surface area contributed by atoms with Crippen LogP contribution in [-0.2, 0) is 0 Å². The molecule has 0 spiro atoms. The standard InChI is InChI=1S/C14H16N2OS/c1-17-12-4-2-3-9(7-12)14-16-13(8-18-14)10-5-11(15)6-10/h2-4,7-8,10-11H,5-6,15H2,1H3. The molecule has 1 saturated carbocycles. The molecule has 1 aromatic heterocycles. The third-order valence-electron chi connectivity index (χ3n) is 3.43. The number of hydrogen-bond donors (Lipinski definition) is 1. The molecule has 0 bridgehead atoms. The summed E-state index contributed by atoms with van der Waals surface area (Å²) < 4.78 is 5.24. The van der Waals surface area contributed by atoms with E-state index >= 15 is 0 Å². The largest absolute Gasteiger partial charge is 0.497 e. The minimum Gasteiger partial charge on any atom is -0.497 e. The van der Waals surface area contributed by atoms with E-state index in [-0.39, 0.29) is 0 Å². The highest BCUT2D eigenvalue weighted by atomic mass is 32.1. The average Bonchev–Trinajstić information content (AvgIpc) is 2.84. The van der Waals surface area contributed by atoms with Crippen LogP contribution in [-0.4, -0.2) is 18.1 Å². The van der Waals surface area contributed by atoms with Gasteiger partial charge in [0.2, 0.25) is 0 Å². The maximum atomic E-state index is 5.82. The van der Waals surface area contributed by atoms with Crippen molar-refractivity contribution in [3.05, 3.63) is 35.3 Å². The molecule has 3 nitrogen and oxygen atoms in total. The molecule has 0 atom stereocenters. The Hall–Kier alpha value is -1.39. The second kappa shape index (κ2) is 4.71. The molecule has 1 aliphatic rings. The Labute approximate surface area is 111 Å². The highest BCUT2D eigenvalue weighted by Crippen LogP contribution is 2.38. The molecule has 2 aromatic rings. The summed E-state index contributed by atoms with van der Waals surface area (Å²) in [5, 5.41) is 3.22. The van der Waals surface area contributed by atoms with Gasteiger partial charge in [-0.25, -0.2) is 4.98 Å². The fraction of sp³-hybridized carbons (Fsp3) is 0.357. The number of ether oxygens (including phenoxy) is 1. The third-order valence-corrected chi connectivity index (χ3v) is 4.34. The lowest BCUT2D eigenvalue weighted by molar-refractivity contribution is 0.346. The van der Waals surface area contributed by atoms with E-state index in [2.05, 4.69) is 11.4 Å². The zero-order valence-electron chi connectivity index (χ0n) is 10.3. The number of hydrogen-bond acceptors (Lipinski definition) is 4. The first-order valence-electron chi connectivity index (χ1n) is 6.11. The van der Waals surface area contributed by atoms with Crippen LogP contribution in [0.3, 0.4) is 0 Å². The van der Waals surface area contributed by atoms with Crippen LogP contribution in [0.5, 0.6) is 5.75 Å². The lowest BCUT2D eigenvalue weighted by atomic mass is 9.79. The summed E-state index contributed by atoms with van der Waals surface area (Å²) in [6.45, 7) is 0. The zero-order valence-corrected chi connectivity index (χ0v) is 11.1. The average molecular weight is 260 g/mol. The van der Waals surface area contributed by atoms with Gasteiger partial charge < -0.3 is 10.5 Å². The number of nitrogens with zero attached hydrogens (tertiary/aromatic N) is 1. The lowest BCUT2D eigenvalue weighted by Crippen LogP contribution is -2.34. The SMILES string of the molecule is COc1cccc(-c2nc(C3CC(N)C3)cs2)c1. The van der Waals surface area contributed by atoms with Gasteiger partial charge in [0.05, 0.1) is 12.8 Å². The van der Waals surface area contributed by atoms with Crippen molar-refractivity contribution in [2.45, 2.75) is 24.8 Å². The van der Waals surface area contributed by atoms with Gasteiger partial charge in [-0.2, -0.15) is 0 Å². The van der Waals surface area contributed by atoms with E-state index in [4.69, 9.17) is 15.5 Å². The predicted molar refractivity (Wildman–Crippen MR) is 74.1 cm³/mol. The van der Waals surface area contributed by atoms with Gasteiger partial charge in [0.1, 0.15) is 10.8 Å². The molecular weight excluding hydrogens is 244 g/mol. The van der Waals surface area contributed by atoms with Crippen LogP contribution in [0.4, 0.5) is 0 Å². The fourth-order valence-corrected chi connectivity index (χ4v) is 3.16. The Morgan fingerprint density at radius 1 is 1.39 bits per heavy atom. The molecule has 1 heterocycles. The van der Waals surface area contributed by atoms with Crippen LogP contribution in [0.2, 0.25) is 0 Å². The van der Waals surface area contributed by atoms with Crippen molar-refractivity contribution >= 4 is 11.3 Å². The quantitative estimate of drug-likeness (QED) is 0.922. The maximum absolute atomic E-state index is 5.82. The van der Waals surface area contributed by atoms with Crippen LogP contribution in [0.15, 0.2) is 29.6 Å². The van der Waals surface area contributed by atoms with E-state index in [1.54, 1.807) is 18.4 Å². The van der Waals surface area contributed by atoms with Gasteiger partial charge in [-0.3, -0.25) is 0 Å². The van der Waals surface area contributed by atoms with E-state index in [1.165, 1.54) is 5.69 Å². The first-order chi connectivity index (χ1) is 8.76. The summed E-state index contributed by atoms with van der Waals surface area (Å²) in [4.78, 5) is 4.72. The molecule has 94 valence electrons. The highest BCUT2D eigenvalue weighted by molar-refractivity contribution is 7.13. The zero-order chi connectivity index (χ0) is 12.5. The molecule has 0 aliphatic heterocycles. The monoisotopic (exact) mass is 260 g/mol. The molecule has 0 saturated heterocycles. The lowest BCUT2D eigenvalue weighted by Gasteiger charge is -2.30. The minimum atomic E-state index is 0.372. The number of methoxy groups -OCH3 is 1. The summed E-state index contributed by atoms with van der Waals surface area (Å²) in [5.74, 6) is 1.44. The summed E-state index contributed by atoms with van der Waals surface area (Å²) in [6, 6.07) is 8.40. The van der Waals surface area contributed by atoms with Crippen molar-refractivity contribution in [1.29, 1.82) is 0 Å². The summed E-state index contributed by atoms with van der Waals surface area (Å²) >= 11 is 1.69. The van der Waals surface area contributed by atoms with Crippen LogP contribution in [0.25, 0.3) is 10.6 Å². The van der Waals surface area contributed by atoms with E-state index in [0.29, 0.717) is 12.0 Å². The number of rotatable bonds is 3. The van der Waals surface area contributed by atoms with Gasteiger partial charge in [-0.1, -0.05) is 12.1 Å². The Kier molecular flexibility index (Phi) is 3.06. The highest BCUT2D eigenvalue weighted by Gasteiger charge is 2.29. The molecular formula is C14H16N2OS. The Bertz CT molecular complexity index is 546. The molecule has 0 radical (unpaired) electrons. The number of benzene rings is 1.